The lowest BCUT2D eigenvalue weighted by atomic mass is 10.0. The highest BCUT2D eigenvalue weighted by Gasteiger charge is 2.29. The van der Waals surface area contributed by atoms with Crippen LogP contribution in [0.2, 0.25) is 0 Å². The van der Waals surface area contributed by atoms with Crippen LogP contribution in [0, 0.1) is 11.6 Å². The molecule has 1 rings (SSSR count). The fourth-order valence-corrected chi connectivity index (χ4v) is 1.88. The molecular weight excluding hydrogens is 321 g/mol. The summed E-state index contributed by atoms with van der Waals surface area (Å²) in [4.78, 5) is 0. The highest BCUT2D eigenvalue weighted by Crippen LogP contribution is 2.30. The van der Waals surface area contributed by atoms with Gasteiger partial charge in [-0.3, -0.25) is 0 Å². The minimum absolute atomic E-state index is 0.0607. The monoisotopic (exact) mass is 331 g/mol. The normalized spacial score (nSPS) is 13.7. The Labute approximate surface area is 110 Å². The van der Waals surface area contributed by atoms with Gasteiger partial charge < -0.3 is 5.32 Å². The van der Waals surface area contributed by atoms with Gasteiger partial charge in [0.15, 0.2) is 0 Å². The Kier molecular flexibility index (Phi) is 5.10. The maximum atomic E-state index is 13.6. The molecule has 1 aromatic rings. The van der Waals surface area contributed by atoms with Gasteiger partial charge in [0.25, 0.3) is 0 Å². The van der Waals surface area contributed by atoms with E-state index < -0.39 is 30.3 Å². The summed E-state index contributed by atoms with van der Waals surface area (Å²) < 4.78 is 63.1. The van der Waals surface area contributed by atoms with Crippen LogP contribution in [-0.2, 0) is 0 Å². The van der Waals surface area contributed by atoms with Gasteiger partial charge >= 0.3 is 6.18 Å². The van der Waals surface area contributed by atoms with Gasteiger partial charge in [-0.1, -0.05) is 0 Å². The number of rotatable bonds is 4. The van der Waals surface area contributed by atoms with Crippen molar-refractivity contribution in [1.82, 2.24) is 5.32 Å². The molecule has 18 heavy (non-hydrogen) atoms. The van der Waals surface area contributed by atoms with Gasteiger partial charge in [-0.05, 0) is 41.5 Å². The fraction of sp³-hybridized carbons (Fsp3) is 0.455. The van der Waals surface area contributed by atoms with Gasteiger partial charge in [0.2, 0.25) is 0 Å². The van der Waals surface area contributed by atoms with Crippen LogP contribution in [0.5, 0.6) is 0 Å². The minimum Gasteiger partial charge on any atom is -0.313 e. The molecule has 0 aliphatic heterocycles. The zero-order valence-electron chi connectivity index (χ0n) is 9.41. The van der Waals surface area contributed by atoms with Crippen LogP contribution in [0.3, 0.4) is 0 Å². The molecule has 0 spiro atoms. The summed E-state index contributed by atoms with van der Waals surface area (Å²) in [5.41, 5.74) is -0.109. The Morgan fingerprint density at radius 1 is 1.22 bits per heavy atom. The first-order chi connectivity index (χ1) is 8.24. The number of benzene rings is 1. The molecule has 0 heterocycles. The van der Waals surface area contributed by atoms with E-state index in [0.717, 1.165) is 12.1 Å². The van der Waals surface area contributed by atoms with E-state index >= 15 is 0 Å². The van der Waals surface area contributed by atoms with Crippen molar-refractivity contribution in [2.45, 2.75) is 25.1 Å². The summed E-state index contributed by atoms with van der Waals surface area (Å²) in [6.45, 7) is 0. The molecule has 0 bridgehead atoms. The Morgan fingerprint density at radius 3 is 2.33 bits per heavy atom. The molecule has 0 aliphatic rings. The SMILES string of the molecule is CNC(CCC(F)(F)F)c1cc(F)c(Br)cc1F. The second-order valence-electron chi connectivity index (χ2n) is 3.78. The maximum Gasteiger partial charge on any atom is 0.389 e. The van der Waals surface area contributed by atoms with Gasteiger partial charge in [0.1, 0.15) is 11.6 Å². The lowest BCUT2D eigenvalue weighted by Crippen LogP contribution is -2.21. The van der Waals surface area contributed by atoms with Gasteiger partial charge in [-0.2, -0.15) is 13.2 Å². The van der Waals surface area contributed by atoms with E-state index in [1.165, 1.54) is 7.05 Å². The van der Waals surface area contributed by atoms with Crippen molar-refractivity contribution in [2.75, 3.05) is 7.05 Å². The van der Waals surface area contributed by atoms with Crippen molar-refractivity contribution in [2.24, 2.45) is 0 Å². The van der Waals surface area contributed by atoms with E-state index in [9.17, 15) is 22.0 Å². The summed E-state index contributed by atoms with van der Waals surface area (Å²) in [5.74, 6) is -1.46. The van der Waals surface area contributed by atoms with E-state index in [2.05, 4.69) is 21.2 Å². The van der Waals surface area contributed by atoms with E-state index in [0.29, 0.717) is 0 Å². The average molecular weight is 332 g/mol. The van der Waals surface area contributed by atoms with Crippen molar-refractivity contribution in [1.29, 1.82) is 0 Å². The number of hydrogen-bond acceptors (Lipinski definition) is 1. The molecule has 0 saturated heterocycles. The van der Waals surface area contributed by atoms with Crippen LogP contribution >= 0.6 is 15.9 Å². The third-order valence-corrected chi connectivity index (χ3v) is 3.09. The first-order valence-corrected chi connectivity index (χ1v) is 5.92. The molecule has 0 aromatic heterocycles. The van der Waals surface area contributed by atoms with Crippen molar-refractivity contribution in [3.63, 3.8) is 0 Å². The molecule has 1 atom stereocenters. The highest BCUT2D eigenvalue weighted by molar-refractivity contribution is 9.10. The molecule has 0 amide bonds. The Hall–Kier alpha value is -0.690. The average Bonchev–Trinajstić information content (AvgIpc) is 2.24. The second-order valence-corrected chi connectivity index (χ2v) is 4.64. The van der Waals surface area contributed by atoms with E-state index in [4.69, 9.17) is 0 Å². The molecule has 7 heteroatoms. The second kappa shape index (κ2) is 5.97. The minimum atomic E-state index is -4.32. The Balaban J connectivity index is 2.92. The van der Waals surface area contributed by atoms with Crippen molar-refractivity contribution < 1.29 is 22.0 Å². The van der Waals surface area contributed by atoms with Crippen LogP contribution in [-0.4, -0.2) is 13.2 Å². The van der Waals surface area contributed by atoms with Gasteiger partial charge in [-0.25, -0.2) is 8.78 Å². The van der Waals surface area contributed by atoms with Crippen LogP contribution < -0.4 is 5.32 Å². The number of alkyl halides is 3. The molecular formula is C11H11BrF5N. The van der Waals surface area contributed by atoms with Crippen LogP contribution in [0.25, 0.3) is 0 Å². The van der Waals surface area contributed by atoms with Crippen molar-refractivity contribution >= 4 is 15.9 Å². The van der Waals surface area contributed by atoms with Gasteiger partial charge in [0.05, 0.1) is 4.47 Å². The lowest BCUT2D eigenvalue weighted by Gasteiger charge is -2.18. The van der Waals surface area contributed by atoms with E-state index in [1.807, 2.05) is 0 Å². The smallest absolute Gasteiger partial charge is 0.313 e. The summed E-state index contributed by atoms with van der Waals surface area (Å²) in [5, 5.41) is 2.56. The van der Waals surface area contributed by atoms with Crippen LogP contribution in [0.1, 0.15) is 24.4 Å². The molecule has 0 saturated carbocycles. The molecule has 102 valence electrons. The maximum absolute atomic E-state index is 13.6. The van der Waals surface area contributed by atoms with Crippen LogP contribution in [0.15, 0.2) is 16.6 Å². The topological polar surface area (TPSA) is 12.0 Å². The standard InChI is InChI=1S/C11H11BrF5N/c1-18-10(2-3-11(15,16)17)6-4-9(14)7(12)5-8(6)13/h4-5,10,18H,2-3H2,1H3. The molecule has 0 radical (unpaired) electrons. The predicted molar refractivity (Wildman–Crippen MR) is 61.1 cm³/mol. The Morgan fingerprint density at radius 2 is 1.83 bits per heavy atom. The summed E-state index contributed by atoms with van der Waals surface area (Å²) in [7, 11) is 1.40. The summed E-state index contributed by atoms with van der Waals surface area (Å²) in [6.07, 6.45) is -5.73. The number of hydrogen-bond donors (Lipinski definition) is 1. The molecule has 1 unspecified atom stereocenters. The molecule has 0 aliphatic carbocycles. The molecule has 0 fully saturated rings. The quantitative estimate of drug-likeness (QED) is 0.639. The molecule has 1 nitrogen and oxygen atoms in total. The molecule has 1 N–H and O–H groups in total. The third-order valence-electron chi connectivity index (χ3n) is 2.48. The fourth-order valence-electron chi connectivity index (χ4n) is 1.57. The van der Waals surface area contributed by atoms with E-state index in [-0.39, 0.29) is 16.5 Å². The summed E-state index contributed by atoms with van der Waals surface area (Å²) >= 11 is 2.81. The van der Waals surface area contributed by atoms with Crippen molar-refractivity contribution in [3.8, 4) is 0 Å². The zero-order chi connectivity index (χ0) is 13.9. The lowest BCUT2D eigenvalue weighted by molar-refractivity contribution is -0.136. The van der Waals surface area contributed by atoms with Gasteiger partial charge in [0, 0.05) is 18.0 Å². The highest BCUT2D eigenvalue weighted by atomic mass is 79.9. The zero-order valence-corrected chi connectivity index (χ0v) is 11.0. The van der Waals surface area contributed by atoms with Crippen LogP contribution in [0.4, 0.5) is 22.0 Å². The number of nitrogens with one attached hydrogen (secondary N) is 1. The van der Waals surface area contributed by atoms with Gasteiger partial charge in [-0.15, -0.1) is 0 Å². The first kappa shape index (κ1) is 15.4. The first-order valence-electron chi connectivity index (χ1n) is 5.13. The number of halogens is 6. The summed E-state index contributed by atoms with van der Waals surface area (Å²) in [6, 6.07) is 0.925. The third kappa shape index (κ3) is 4.20. The Bertz CT molecular complexity index is 419. The predicted octanol–water partition coefficient (Wildman–Crippen LogP) is 4.33. The molecule has 1 aromatic carbocycles. The van der Waals surface area contributed by atoms with Crippen molar-refractivity contribution in [3.05, 3.63) is 33.8 Å². The largest absolute Gasteiger partial charge is 0.389 e. The van der Waals surface area contributed by atoms with E-state index in [1.54, 1.807) is 0 Å².